The van der Waals surface area contributed by atoms with E-state index >= 15 is 0 Å². The Balaban J connectivity index is 1.74. The summed E-state index contributed by atoms with van der Waals surface area (Å²) in [7, 11) is -3.84. The lowest BCUT2D eigenvalue weighted by Crippen LogP contribution is -2.13. The molecule has 0 aliphatic rings. The molecule has 152 valence electrons. The van der Waals surface area contributed by atoms with Gasteiger partial charge in [-0.25, -0.2) is 0 Å². The minimum atomic E-state index is -3.84. The average Bonchev–Trinajstić information content (AvgIpc) is 3.19. The van der Waals surface area contributed by atoms with E-state index in [1.165, 1.54) is 6.20 Å². The fourth-order valence-corrected chi connectivity index (χ4v) is 4.33. The van der Waals surface area contributed by atoms with Crippen molar-refractivity contribution in [2.45, 2.75) is 18.4 Å². The quantitative estimate of drug-likeness (QED) is 0.367. The second-order valence-corrected chi connectivity index (χ2v) is 9.53. The Bertz CT molecular complexity index is 1250. The Morgan fingerprint density at radius 2 is 1.60 bits per heavy atom. The average molecular weight is 483 g/mol. The zero-order valence-corrected chi connectivity index (χ0v) is 18.6. The van der Waals surface area contributed by atoms with Gasteiger partial charge in [-0.3, -0.25) is 0 Å². The lowest BCUT2D eigenvalue weighted by molar-refractivity contribution is 0.293. The molecule has 0 aliphatic carbocycles. The van der Waals surface area contributed by atoms with Gasteiger partial charge in [-0.2, -0.15) is 12.5 Å². The van der Waals surface area contributed by atoms with Gasteiger partial charge in [0.25, 0.3) is 10.0 Å². The van der Waals surface area contributed by atoms with Gasteiger partial charge in [0.2, 0.25) is 5.88 Å². The minimum absolute atomic E-state index is 0.174. The number of hydrogen-bond acceptors (Lipinski definition) is 4. The van der Waals surface area contributed by atoms with Gasteiger partial charge in [-0.1, -0.05) is 76.1 Å². The summed E-state index contributed by atoms with van der Waals surface area (Å²) in [6, 6.07) is 23.9. The molecule has 0 bridgehead atoms. The van der Waals surface area contributed by atoms with Crippen molar-refractivity contribution in [3.05, 3.63) is 101 Å². The van der Waals surface area contributed by atoms with E-state index in [2.05, 4.69) is 21.0 Å². The standard InChI is InChI=1S/C23H19BrN2O3S/c1-17-7-13-21(14-8-17)30(27,28)26-15-22(19-9-11-20(24)12-10-19)23(25-26)29-16-18-5-3-2-4-6-18/h2-15H,16H2,1H3. The van der Waals surface area contributed by atoms with Crippen LogP contribution < -0.4 is 4.74 Å². The maximum atomic E-state index is 13.1. The SMILES string of the molecule is Cc1ccc(S(=O)(=O)n2cc(-c3ccc(Br)cc3)c(OCc3ccccc3)n2)cc1. The Morgan fingerprint density at radius 1 is 0.933 bits per heavy atom. The molecular formula is C23H19BrN2O3S. The van der Waals surface area contributed by atoms with Crippen molar-refractivity contribution in [3.8, 4) is 17.0 Å². The molecule has 0 saturated carbocycles. The molecule has 3 aromatic carbocycles. The summed E-state index contributed by atoms with van der Waals surface area (Å²) in [5.41, 5.74) is 3.37. The van der Waals surface area contributed by atoms with Crippen molar-refractivity contribution < 1.29 is 13.2 Å². The van der Waals surface area contributed by atoms with E-state index in [0.29, 0.717) is 5.56 Å². The first kappa shape index (κ1) is 20.4. The normalized spacial score (nSPS) is 11.4. The van der Waals surface area contributed by atoms with E-state index in [-0.39, 0.29) is 17.4 Å². The molecule has 0 unspecified atom stereocenters. The molecule has 0 N–H and O–H groups in total. The van der Waals surface area contributed by atoms with Crippen LogP contribution in [0.4, 0.5) is 0 Å². The molecule has 0 aliphatic heterocycles. The van der Waals surface area contributed by atoms with E-state index in [0.717, 1.165) is 25.3 Å². The molecular weight excluding hydrogens is 464 g/mol. The number of halogens is 1. The van der Waals surface area contributed by atoms with Crippen LogP contribution in [0.3, 0.4) is 0 Å². The van der Waals surface area contributed by atoms with Crippen LogP contribution in [-0.4, -0.2) is 17.6 Å². The van der Waals surface area contributed by atoms with Crippen LogP contribution in [-0.2, 0) is 16.6 Å². The summed E-state index contributed by atoms with van der Waals surface area (Å²) in [5.74, 6) is 0.261. The van der Waals surface area contributed by atoms with Crippen LogP contribution in [0.2, 0.25) is 0 Å². The highest BCUT2D eigenvalue weighted by Crippen LogP contribution is 2.32. The van der Waals surface area contributed by atoms with Crippen molar-refractivity contribution in [1.29, 1.82) is 0 Å². The van der Waals surface area contributed by atoms with Crippen LogP contribution in [0.15, 0.2) is 94.4 Å². The first-order valence-corrected chi connectivity index (χ1v) is 11.5. The van der Waals surface area contributed by atoms with Gasteiger partial charge in [-0.05, 0) is 42.3 Å². The number of benzene rings is 3. The molecule has 1 heterocycles. The van der Waals surface area contributed by atoms with E-state index < -0.39 is 10.0 Å². The number of nitrogens with zero attached hydrogens (tertiary/aromatic N) is 2. The Hall–Kier alpha value is -2.90. The number of ether oxygens (including phenoxy) is 1. The largest absolute Gasteiger partial charge is 0.471 e. The summed E-state index contributed by atoms with van der Waals surface area (Å²) in [4.78, 5) is 0.174. The Kier molecular flexibility index (Phi) is 5.74. The highest BCUT2D eigenvalue weighted by molar-refractivity contribution is 9.10. The molecule has 4 rings (SSSR count). The van der Waals surface area contributed by atoms with Gasteiger partial charge in [0.15, 0.2) is 0 Å². The molecule has 1 aromatic heterocycles. The van der Waals surface area contributed by atoms with E-state index in [1.54, 1.807) is 24.3 Å². The topological polar surface area (TPSA) is 61.2 Å². The summed E-state index contributed by atoms with van der Waals surface area (Å²) in [6.07, 6.45) is 1.50. The predicted molar refractivity (Wildman–Crippen MR) is 120 cm³/mol. The fourth-order valence-electron chi connectivity index (χ4n) is 2.94. The summed E-state index contributed by atoms with van der Waals surface area (Å²) < 4.78 is 34.1. The minimum Gasteiger partial charge on any atom is -0.471 e. The van der Waals surface area contributed by atoms with Crippen LogP contribution in [0.5, 0.6) is 5.88 Å². The molecule has 0 radical (unpaired) electrons. The maximum Gasteiger partial charge on any atom is 0.283 e. The molecule has 5 nitrogen and oxygen atoms in total. The summed E-state index contributed by atoms with van der Waals surface area (Å²) in [6.45, 7) is 2.19. The molecule has 4 aromatic rings. The highest BCUT2D eigenvalue weighted by atomic mass is 79.9. The van der Waals surface area contributed by atoms with Gasteiger partial charge >= 0.3 is 0 Å². The van der Waals surface area contributed by atoms with Crippen molar-refractivity contribution in [1.82, 2.24) is 9.19 Å². The lowest BCUT2D eigenvalue weighted by Gasteiger charge is -2.06. The van der Waals surface area contributed by atoms with Crippen LogP contribution in [0.1, 0.15) is 11.1 Å². The zero-order chi connectivity index (χ0) is 21.1. The monoisotopic (exact) mass is 482 g/mol. The second kappa shape index (κ2) is 8.45. The Morgan fingerprint density at radius 3 is 2.27 bits per heavy atom. The van der Waals surface area contributed by atoms with Gasteiger partial charge < -0.3 is 4.74 Å². The van der Waals surface area contributed by atoms with E-state index in [9.17, 15) is 8.42 Å². The molecule has 0 amide bonds. The molecule has 0 saturated heterocycles. The number of aromatic nitrogens is 2. The van der Waals surface area contributed by atoms with Crippen LogP contribution in [0, 0.1) is 6.92 Å². The molecule has 30 heavy (non-hydrogen) atoms. The van der Waals surface area contributed by atoms with Crippen molar-refractivity contribution >= 4 is 26.0 Å². The summed E-state index contributed by atoms with van der Waals surface area (Å²) in [5, 5.41) is 4.29. The third-order valence-electron chi connectivity index (χ3n) is 4.60. The van der Waals surface area contributed by atoms with E-state index in [1.807, 2.05) is 61.5 Å². The van der Waals surface area contributed by atoms with Crippen molar-refractivity contribution in [2.75, 3.05) is 0 Å². The van der Waals surface area contributed by atoms with Crippen LogP contribution in [0.25, 0.3) is 11.1 Å². The molecule has 7 heteroatoms. The van der Waals surface area contributed by atoms with Crippen molar-refractivity contribution in [2.24, 2.45) is 0 Å². The van der Waals surface area contributed by atoms with Gasteiger partial charge in [0.1, 0.15) is 6.61 Å². The van der Waals surface area contributed by atoms with Gasteiger partial charge in [0, 0.05) is 4.47 Å². The van der Waals surface area contributed by atoms with E-state index in [4.69, 9.17) is 4.74 Å². The second-order valence-electron chi connectivity index (χ2n) is 6.82. The smallest absolute Gasteiger partial charge is 0.283 e. The number of rotatable bonds is 6. The maximum absolute atomic E-state index is 13.1. The van der Waals surface area contributed by atoms with Crippen LogP contribution >= 0.6 is 15.9 Å². The van der Waals surface area contributed by atoms with Gasteiger partial charge in [0.05, 0.1) is 16.7 Å². The third kappa shape index (κ3) is 4.32. The number of aryl methyl sites for hydroxylation is 1. The Labute approximate surface area is 184 Å². The molecule has 0 fully saturated rings. The van der Waals surface area contributed by atoms with Gasteiger partial charge in [-0.15, -0.1) is 5.10 Å². The fraction of sp³-hybridized carbons (Fsp3) is 0.0870. The lowest BCUT2D eigenvalue weighted by atomic mass is 10.1. The molecule has 0 spiro atoms. The first-order valence-electron chi connectivity index (χ1n) is 9.28. The first-order chi connectivity index (χ1) is 14.4. The molecule has 0 atom stereocenters. The van der Waals surface area contributed by atoms with Crippen molar-refractivity contribution in [3.63, 3.8) is 0 Å². The third-order valence-corrected chi connectivity index (χ3v) is 6.67. The predicted octanol–water partition coefficient (Wildman–Crippen LogP) is 5.44. The number of hydrogen-bond donors (Lipinski definition) is 0. The zero-order valence-electron chi connectivity index (χ0n) is 16.2. The summed E-state index contributed by atoms with van der Waals surface area (Å²) >= 11 is 3.42. The highest BCUT2D eigenvalue weighted by Gasteiger charge is 2.22.